The molecule has 0 aliphatic heterocycles. The van der Waals surface area contributed by atoms with Crippen LogP contribution >= 0.6 is 0 Å². The number of hydrogen-bond donors (Lipinski definition) is 0. The fourth-order valence-electron chi connectivity index (χ4n) is 2.94. The van der Waals surface area contributed by atoms with E-state index in [0.29, 0.717) is 12.5 Å². The third-order valence-electron chi connectivity index (χ3n) is 4.31. The van der Waals surface area contributed by atoms with Crippen LogP contribution in [0.3, 0.4) is 0 Å². The van der Waals surface area contributed by atoms with Gasteiger partial charge in [0.15, 0.2) is 0 Å². The van der Waals surface area contributed by atoms with E-state index >= 15 is 0 Å². The lowest BCUT2D eigenvalue weighted by atomic mass is 9.99. The largest absolute Gasteiger partial charge is 0.344 e. The zero-order chi connectivity index (χ0) is 18.4. The molecule has 26 heavy (non-hydrogen) atoms. The number of rotatable bonds is 6. The molecule has 134 valence electrons. The van der Waals surface area contributed by atoms with Crippen molar-refractivity contribution in [3.63, 3.8) is 0 Å². The van der Waals surface area contributed by atoms with Crippen LogP contribution < -0.4 is 0 Å². The molecular weight excluding hydrogens is 322 g/mol. The highest BCUT2D eigenvalue weighted by Gasteiger charge is 2.34. The van der Waals surface area contributed by atoms with Crippen LogP contribution in [0, 0.1) is 17.8 Å². The van der Waals surface area contributed by atoms with Gasteiger partial charge in [-0.1, -0.05) is 55.3 Å². The standard InChI is InChI=1S/C22H25N3O/c1-4-26-22(16-14-18(2)3,17-15-19-10-6-5-7-11-19)25-21-13-9-8-12-20(21)23-24-25/h5-13,18H,4,14,16H2,1-3H3. The number of benzene rings is 2. The third kappa shape index (κ3) is 3.95. The minimum absolute atomic E-state index is 0.545. The lowest BCUT2D eigenvalue weighted by molar-refractivity contribution is -0.0694. The SMILES string of the molecule is CCOC(C#Cc1ccccc1)(CCC(C)C)n1nnc2ccccc21. The predicted octanol–water partition coefficient (Wildman–Crippen LogP) is 4.61. The Bertz CT molecular complexity index is 905. The Morgan fingerprint density at radius 3 is 2.54 bits per heavy atom. The van der Waals surface area contributed by atoms with Gasteiger partial charge in [-0.05, 0) is 49.4 Å². The average molecular weight is 347 g/mol. The van der Waals surface area contributed by atoms with Crippen LogP contribution in [0.2, 0.25) is 0 Å². The average Bonchev–Trinajstić information content (AvgIpc) is 3.10. The molecule has 0 saturated carbocycles. The molecule has 4 heteroatoms. The minimum atomic E-state index is -0.828. The molecule has 1 heterocycles. The van der Waals surface area contributed by atoms with Gasteiger partial charge in [0.05, 0.1) is 5.52 Å². The molecule has 0 aliphatic rings. The first-order valence-corrected chi connectivity index (χ1v) is 9.18. The zero-order valence-corrected chi connectivity index (χ0v) is 15.6. The molecule has 0 saturated heterocycles. The summed E-state index contributed by atoms with van der Waals surface area (Å²) in [4.78, 5) is 0. The van der Waals surface area contributed by atoms with Crippen molar-refractivity contribution in [2.45, 2.75) is 39.3 Å². The van der Waals surface area contributed by atoms with Crippen LogP contribution in [0.25, 0.3) is 11.0 Å². The number of aromatic nitrogens is 3. The van der Waals surface area contributed by atoms with E-state index < -0.39 is 5.72 Å². The summed E-state index contributed by atoms with van der Waals surface area (Å²) in [5, 5.41) is 8.73. The highest BCUT2D eigenvalue weighted by Crippen LogP contribution is 2.29. The maximum absolute atomic E-state index is 6.24. The van der Waals surface area contributed by atoms with Crippen molar-refractivity contribution in [3.05, 3.63) is 60.2 Å². The number of ether oxygens (including phenoxy) is 1. The molecule has 0 radical (unpaired) electrons. The summed E-state index contributed by atoms with van der Waals surface area (Å²) in [6, 6.07) is 17.9. The predicted molar refractivity (Wildman–Crippen MR) is 105 cm³/mol. The topological polar surface area (TPSA) is 39.9 Å². The van der Waals surface area contributed by atoms with E-state index in [-0.39, 0.29) is 0 Å². The molecule has 0 spiro atoms. The smallest absolute Gasteiger partial charge is 0.226 e. The highest BCUT2D eigenvalue weighted by molar-refractivity contribution is 5.74. The summed E-state index contributed by atoms with van der Waals surface area (Å²) in [7, 11) is 0. The van der Waals surface area contributed by atoms with Crippen molar-refractivity contribution in [2.75, 3.05) is 6.61 Å². The normalized spacial score (nSPS) is 13.4. The molecular formula is C22H25N3O. The first kappa shape index (κ1) is 18.2. The van der Waals surface area contributed by atoms with Crippen LogP contribution in [0.1, 0.15) is 39.2 Å². The Hall–Kier alpha value is -2.64. The van der Waals surface area contributed by atoms with Gasteiger partial charge >= 0.3 is 0 Å². The molecule has 1 aromatic heterocycles. The van der Waals surface area contributed by atoms with E-state index in [1.807, 2.05) is 66.2 Å². The summed E-state index contributed by atoms with van der Waals surface area (Å²) >= 11 is 0. The fourth-order valence-corrected chi connectivity index (χ4v) is 2.94. The molecule has 0 bridgehead atoms. The highest BCUT2D eigenvalue weighted by atomic mass is 16.5. The summed E-state index contributed by atoms with van der Waals surface area (Å²) in [6.45, 7) is 6.96. The first-order valence-electron chi connectivity index (χ1n) is 9.18. The quantitative estimate of drug-likeness (QED) is 0.611. The lowest BCUT2D eigenvalue weighted by Crippen LogP contribution is -2.37. The van der Waals surface area contributed by atoms with Gasteiger partial charge in [0.25, 0.3) is 0 Å². The lowest BCUT2D eigenvalue weighted by Gasteiger charge is -2.29. The summed E-state index contributed by atoms with van der Waals surface area (Å²) < 4.78 is 8.09. The molecule has 2 aromatic carbocycles. The van der Waals surface area contributed by atoms with E-state index in [1.165, 1.54) is 0 Å². The molecule has 1 unspecified atom stereocenters. The first-order chi connectivity index (χ1) is 12.6. The second-order valence-electron chi connectivity index (χ2n) is 6.76. The van der Waals surface area contributed by atoms with Gasteiger partial charge < -0.3 is 4.74 Å². The van der Waals surface area contributed by atoms with Crippen molar-refractivity contribution in [2.24, 2.45) is 5.92 Å². The number of para-hydroxylation sites is 1. The maximum atomic E-state index is 6.24. The zero-order valence-electron chi connectivity index (χ0n) is 15.6. The van der Waals surface area contributed by atoms with Crippen LogP contribution in [0.4, 0.5) is 0 Å². The van der Waals surface area contributed by atoms with Crippen molar-refractivity contribution in [1.82, 2.24) is 15.0 Å². The molecule has 0 N–H and O–H groups in total. The Morgan fingerprint density at radius 1 is 1.08 bits per heavy atom. The van der Waals surface area contributed by atoms with Crippen LogP contribution in [-0.2, 0) is 10.5 Å². The Kier molecular flexibility index (Phi) is 5.70. The van der Waals surface area contributed by atoms with Crippen LogP contribution in [0.15, 0.2) is 54.6 Å². The van der Waals surface area contributed by atoms with Gasteiger partial charge in [-0.2, -0.15) is 0 Å². The fraction of sp³-hybridized carbons (Fsp3) is 0.364. The summed E-state index contributed by atoms with van der Waals surface area (Å²) in [5.41, 5.74) is 1.92. The van der Waals surface area contributed by atoms with Gasteiger partial charge in [0.2, 0.25) is 5.72 Å². The second-order valence-corrected chi connectivity index (χ2v) is 6.76. The molecule has 0 aliphatic carbocycles. The number of hydrogen-bond acceptors (Lipinski definition) is 3. The molecule has 3 rings (SSSR count). The van der Waals surface area contributed by atoms with Gasteiger partial charge in [-0.15, -0.1) is 5.10 Å². The van der Waals surface area contributed by atoms with Gasteiger partial charge in [0, 0.05) is 18.6 Å². The van der Waals surface area contributed by atoms with Crippen molar-refractivity contribution in [3.8, 4) is 11.8 Å². The molecule has 3 aromatic rings. The van der Waals surface area contributed by atoms with Gasteiger partial charge in [0.1, 0.15) is 5.52 Å². The van der Waals surface area contributed by atoms with Crippen LogP contribution in [-0.4, -0.2) is 21.6 Å². The molecule has 4 nitrogen and oxygen atoms in total. The Balaban J connectivity index is 2.12. The van der Waals surface area contributed by atoms with E-state index in [4.69, 9.17) is 4.74 Å². The third-order valence-corrected chi connectivity index (χ3v) is 4.31. The summed E-state index contributed by atoms with van der Waals surface area (Å²) in [6.07, 6.45) is 1.74. The second kappa shape index (κ2) is 8.16. The van der Waals surface area contributed by atoms with Gasteiger partial charge in [-0.3, -0.25) is 0 Å². The molecule has 0 amide bonds. The van der Waals surface area contributed by atoms with Crippen LogP contribution in [0.5, 0.6) is 0 Å². The Morgan fingerprint density at radius 2 is 1.81 bits per heavy atom. The van der Waals surface area contributed by atoms with E-state index in [1.54, 1.807) is 0 Å². The van der Waals surface area contributed by atoms with Crippen molar-refractivity contribution >= 4 is 11.0 Å². The van der Waals surface area contributed by atoms with E-state index in [9.17, 15) is 0 Å². The van der Waals surface area contributed by atoms with E-state index in [0.717, 1.165) is 29.4 Å². The number of fused-ring (bicyclic) bond motifs is 1. The number of nitrogens with zero attached hydrogens (tertiary/aromatic N) is 3. The maximum Gasteiger partial charge on any atom is 0.226 e. The minimum Gasteiger partial charge on any atom is -0.344 e. The van der Waals surface area contributed by atoms with E-state index in [2.05, 4.69) is 36.0 Å². The molecule has 0 fully saturated rings. The monoisotopic (exact) mass is 347 g/mol. The Labute approximate surface area is 155 Å². The molecule has 1 atom stereocenters. The van der Waals surface area contributed by atoms with Crippen molar-refractivity contribution < 1.29 is 4.74 Å². The van der Waals surface area contributed by atoms with Crippen molar-refractivity contribution in [1.29, 1.82) is 0 Å². The van der Waals surface area contributed by atoms with Gasteiger partial charge in [-0.25, -0.2) is 4.68 Å². The summed E-state index contributed by atoms with van der Waals surface area (Å²) in [5.74, 6) is 7.22.